The summed E-state index contributed by atoms with van der Waals surface area (Å²) in [5, 5.41) is 0. The first-order chi connectivity index (χ1) is 7.98. The van der Waals surface area contributed by atoms with Crippen LogP contribution in [0.2, 0.25) is 0 Å². The smallest absolute Gasteiger partial charge is 0.255 e. The maximum atomic E-state index is 12.2. The van der Waals surface area contributed by atoms with Gasteiger partial charge in [-0.05, 0) is 30.4 Å². The topological polar surface area (TPSA) is 59.2 Å². The van der Waals surface area contributed by atoms with Crippen molar-refractivity contribution in [2.24, 2.45) is 5.41 Å². The van der Waals surface area contributed by atoms with Crippen LogP contribution in [-0.4, -0.2) is 28.9 Å². The van der Waals surface area contributed by atoms with Gasteiger partial charge in [0.25, 0.3) is 5.91 Å². The van der Waals surface area contributed by atoms with E-state index in [1.54, 1.807) is 18.3 Å². The molecule has 17 heavy (non-hydrogen) atoms. The Morgan fingerprint density at radius 3 is 2.53 bits per heavy atom. The van der Waals surface area contributed by atoms with Crippen LogP contribution in [0.25, 0.3) is 0 Å². The Morgan fingerprint density at radius 2 is 2.00 bits per heavy atom. The Bertz CT molecular complexity index is 401. The van der Waals surface area contributed by atoms with Crippen molar-refractivity contribution >= 4 is 11.7 Å². The minimum atomic E-state index is 0.0630. The number of carbonyl (C=O) groups excluding carboxylic acids is 1. The quantitative estimate of drug-likeness (QED) is 0.806. The van der Waals surface area contributed by atoms with Gasteiger partial charge in [0, 0.05) is 19.3 Å². The lowest BCUT2D eigenvalue weighted by molar-refractivity contribution is 0.0630. The van der Waals surface area contributed by atoms with Crippen molar-refractivity contribution in [3.05, 3.63) is 23.9 Å². The highest BCUT2D eigenvalue weighted by Gasteiger charge is 2.28. The average molecular weight is 233 g/mol. The highest BCUT2D eigenvalue weighted by atomic mass is 16.2. The van der Waals surface area contributed by atoms with E-state index in [4.69, 9.17) is 5.73 Å². The van der Waals surface area contributed by atoms with Crippen molar-refractivity contribution in [3.63, 3.8) is 0 Å². The van der Waals surface area contributed by atoms with Crippen molar-refractivity contribution in [3.8, 4) is 0 Å². The van der Waals surface area contributed by atoms with Gasteiger partial charge in [0.1, 0.15) is 5.82 Å². The SMILES string of the molecule is CC1(C)CCN(C(=O)c2ccc(N)nc2)CC1. The van der Waals surface area contributed by atoms with Gasteiger partial charge in [-0.1, -0.05) is 13.8 Å². The fourth-order valence-electron chi connectivity index (χ4n) is 2.03. The summed E-state index contributed by atoms with van der Waals surface area (Å²) in [5.74, 6) is 0.509. The van der Waals surface area contributed by atoms with Crippen LogP contribution in [-0.2, 0) is 0 Å². The molecule has 1 aliphatic heterocycles. The highest BCUT2D eigenvalue weighted by Crippen LogP contribution is 2.30. The van der Waals surface area contributed by atoms with Gasteiger partial charge >= 0.3 is 0 Å². The number of pyridine rings is 1. The number of hydrogen-bond acceptors (Lipinski definition) is 3. The van der Waals surface area contributed by atoms with Crippen LogP contribution >= 0.6 is 0 Å². The van der Waals surface area contributed by atoms with E-state index >= 15 is 0 Å². The molecular weight excluding hydrogens is 214 g/mol. The van der Waals surface area contributed by atoms with Gasteiger partial charge in [-0.15, -0.1) is 0 Å². The number of rotatable bonds is 1. The normalized spacial score (nSPS) is 19.1. The van der Waals surface area contributed by atoms with Crippen LogP contribution in [0.4, 0.5) is 5.82 Å². The molecule has 0 bridgehead atoms. The van der Waals surface area contributed by atoms with Crippen molar-refractivity contribution in [1.82, 2.24) is 9.88 Å². The molecule has 1 aromatic heterocycles. The van der Waals surface area contributed by atoms with Gasteiger partial charge in [0.15, 0.2) is 0 Å². The Kier molecular flexibility index (Phi) is 3.05. The standard InChI is InChI=1S/C13H19N3O/c1-13(2)5-7-16(8-6-13)12(17)10-3-4-11(14)15-9-10/h3-4,9H,5-8H2,1-2H3,(H2,14,15). The number of carbonyl (C=O) groups is 1. The minimum Gasteiger partial charge on any atom is -0.384 e. The molecule has 0 saturated carbocycles. The molecule has 1 saturated heterocycles. The molecule has 0 aromatic carbocycles. The number of nitrogen functional groups attached to an aromatic ring is 1. The van der Waals surface area contributed by atoms with E-state index in [0.717, 1.165) is 25.9 Å². The molecule has 0 spiro atoms. The number of likely N-dealkylation sites (tertiary alicyclic amines) is 1. The lowest BCUT2D eigenvalue weighted by atomic mass is 9.82. The lowest BCUT2D eigenvalue weighted by Crippen LogP contribution is -2.41. The molecular formula is C13H19N3O. The number of piperidine rings is 1. The molecule has 2 N–H and O–H groups in total. The minimum absolute atomic E-state index is 0.0630. The summed E-state index contributed by atoms with van der Waals surface area (Å²) in [5.41, 5.74) is 6.49. The summed E-state index contributed by atoms with van der Waals surface area (Å²) in [7, 11) is 0. The van der Waals surface area contributed by atoms with Gasteiger partial charge in [-0.3, -0.25) is 4.79 Å². The Balaban J connectivity index is 2.04. The van der Waals surface area contributed by atoms with Gasteiger partial charge in [0.2, 0.25) is 0 Å². The van der Waals surface area contributed by atoms with E-state index in [1.165, 1.54) is 0 Å². The van der Waals surface area contributed by atoms with Crippen LogP contribution in [0.1, 0.15) is 37.0 Å². The summed E-state index contributed by atoms with van der Waals surface area (Å²) in [4.78, 5) is 18.0. The monoisotopic (exact) mass is 233 g/mol. The second-order valence-electron chi connectivity index (χ2n) is 5.43. The van der Waals surface area contributed by atoms with Gasteiger partial charge in [-0.25, -0.2) is 4.98 Å². The fraction of sp³-hybridized carbons (Fsp3) is 0.538. The van der Waals surface area contributed by atoms with Crippen molar-refractivity contribution < 1.29 is 4.79 Å². The molecule has 1 amide bonds. The zero-order valence-electron chi connectivity index (χ0n) is 10.4. The largest absolute Gasteiger partial charge is 0.384 e. The molecule has 2 rings (SSSR count). The third kappa shape index (κ3) is 2.75. The number of hydrogen-bond donors (Lipinski definition) is 1. The molecule has 1 fully saturated rings. The zero-order valence-corrected chi connectivity index (χ0v) is 10.4. The molecule has 0 aliphatic carbocycles. The molecule has 0 radical (unpaired) electrons. The van der Waals surface area contributed by atoms with Gasteiger partial charge in [0.05, 0.1) is 5.56 Å². The summed E-state index contributed by atoms with van der Waals surface area (Å²) >= 11 is 0. The first-order valence-corrected chi connectivity index (χ1v) is 5.99. The fourth-order valence-corrected chi connectivity index (χ4v) is 2.03. The molecule has 0 unspecified atom stereocenters. The zero-order chi connectivity index (χ0) is 12.5. The van der Waals surface area contributed by atoms with Crippen molar-refractivity contribution in [1.29, 1.82) is 0 Å². The van der Waals surface area contributed by atoms with Crippen molar-refractivity contribution in [2.75, 3.05) is 18.8 Å². The Hall–Kier alpha value is -1.58. The summed E-state index contributed by atoms with van der Waals surface area (Å²) < 4.78 is 0. The number of anilines is 1. The molecule has 1 aliphatic rings. The van der Waals surface area contributed by atoms with E-state index in [9.17, 15) is 4.79 Å². The second-order valence-corrected chi connectivity index (χ2v) is 5.43. The number of nitrogens with zero attached hydrogens (tertiary/aromatic N) is 2. The van der Waals surface area contributed by atoms with Crippen LogP contribution in [0.15, 0.2) is 18.3 Å². The first kappa shape index (κ1) is 11.9. The average Bonchev–Trinajstić information content (AvgIpc) is 2.29. The van der Waals surface area contributed by atoms with E-state index in [-0.39, 0.29) is 5.91 Å². The molecule has 4 heteroatoms. The molecule has 2 heterocycles. The summed E-state index contributed by atoms with van der Waals surface area (Å²) in [6.45, 7) is 6.16. The van der Waals surface area contributed by atoms with Crippen LogP contribution < -0.4 is 5.73 Å². The first-order valence-electron chi connectivity index (χ1n) is 5.99. The number of aromatic nitrogens is 1. The van der Waals surface area contributed by atoms with Gasteiger partial charge < -0.3 is 10.6 Å². The molecule has 92 valence electrons. The third-order valence-electron chi connectivity index (χ3n) is 3.44. The maximum absolute atomic E-state index is 12.2. The summed E-state index contributed by atoms with van der Waals surface area (Å²) in [6, 6.07) is 3.41. The molecule has 0 atom stereocenters. The van der Waals surface area contributed by atoms with Crippen LogP contribution in [0.3, 0.4) is 0 Å². The predicted octanol–water partition coefficient (Wildman–Crippen LogP) is 1.93. The highest BCUT2D eigenvalue weighted by molar-refractivity contribution is 5.94. The maximum Gasteiger partial charge on any atom is 0.255 e. The summed E-state index contributed by atoms with van der Waals surface area (Å²) in [6.07, 6.45) is 3.67. The number of amides is 1. The van der Waals surface area contributed by atoms with E-state index < -0.39 is 0 Å². The van der Waals surface area contributed by atoms with Crippen LogP contribution in [0, 0.1) is 5.41 Å². The molecule has 4 nitrogen and oxygen atoms in total. The Labute approximate surface area is 102 Å². The third-order valence-corrected chi connectivity index (χ3v) is 3.44. The van der Waals surface area contributed by atoms with Crippen molar-refractivity contribution in [2.45, 2.75) is 26.7 Å². The van der Waals surface area contributed by atoms with E-state index in [1.807, 2.05) is 4.90 Å². The van der Waals surface area contributed by atoms with Gasteiger partial charge in [-0.2, -0.15) is 0 Å². The van der Waals surface area contributed by atoms with E-state index in [2.05, 4.69) is 18.8 Å². The Morgan fingerprint density at radius 1 is 1.35 bits per heavy atom. The van der Waals surface area contributed by atoms with E-state index in [0.29, 0.717) is 16.8 Å². The van der Waals surface area contributed by atoms with Crippen LogP contribution in [0.5, 0.6) is 0 Å². The molecule has 1 aromatic rings. The second kappa shape index (κ2) is 4.35. The predicted molar refractivity (Wildman–Crippen MR) is 67.6 cm³/mol. The number of nitrogens with two attached hydrogens (primary N) is 1. The lowest BCUT2D eigenvalue weighted by Gasteiger charge is -2.36.